The molecule has 0 bridgehead atoms. The summed E-state index contributed by atoms with van der Waals surface area (Å²) in [5, 5.41) is 0. The molecule has 2 rings (SSSR count). The van der Waals surface area contributed by atoms with Crippen LogP contribution in [0.3, 0.4) is 0 Å². The molecule has 112 valence electrons. The predicted octanol–water partition coefficient (Wildman–Crippen LogP) is 4.99. The molecule has 0 fully saturated rings. The van der Waals surface area contributed by atoms with Crippen LogP contribution in [0.4, 0.5) is 4.39 Å². The van der Waals surface area contributed by atoms with Crippen molar-refractivity contribution in [1.29, 1.82) is 0 Å². The zero-order valence-electron chi connectivity index (χ0n) is 12.5. The Kier molecular flexibility index (Phi) is 5.34. The van der Waals surface area contributed by atoms with Gasteiger partial charge >= 0.3 is 0 Å². The predicted molar refractivity (Wildman–Crippen MR) is 82.4 cm³/mol. The third-order valence-corrected chi connectivity index (χ3v) is 3.06. The number of hydrogen-bond acceptors (Lipinski definition) is 2. The molecule has 21 heavy (non-hydrogen) atoms. The third kappa shape index (κ3) is 4.87. The number of halogens is 1. The molecule has 0 aliphatic carbocycles. The Hall–Kier alpha value is -1.87. The first-order valence-corrected chi connectivity index (χ1v) is 7.05. The molecule has 0 aromatic heterocycles. The molecule has 2 nitrogen and oxygen atoms in total. The fourth-order valence-electron chi connectivity index (χ4n) is 1.81. The molecule has 3 heteroatoms. The second kappa shape index (κ2) is 7.23. The van der Waals surface area contributed by atoms with Crippen molar-refractivity contribution in [2.45, 2.75) is 20.5 Å². The summed E-state index contributed by atoms with van der Waals surface area (Å²) in [5.74, 6) is 1.55. The second-order valence-electron chi connectivity index (χ2n) is 5.81. The zero-order valence-corrected chi connectivity index (χ0v) is 12.5. The fourth-order valence-corrected chi connectivity index (χ4v) is 1.81. The van der Waals surface area contributed by atoms with Crippen molar-refractivity contribution in [2.24, 2.45) is 5.41 Å². The Morgan fingerprint density at radius 3 is 2.33 bits per heavy atom. The summed E-state index contributed by atoms with van der Waals surface area (Å²) < 4.78 is 24.3. The summed E-state index contributed by atoms with van der Waals surface area (Å²) >= 11 is 0. The van der Waals surface area contributed by atoms with Crippen LogP contribution in [-0.2, 0) is 11.3 Å². The average Bonchev–Trinajstić information content (AvgIpc) is 2.50. The van der Waals surface area contributed by atoms with Gasteiger partial charge in [0.25, 0.3) is 0 Å². The average molecular weight is 288 g/mol. The maximum absolute atomic E-state index is 12.8. The van der Waals surface area contributed by atoms with Gasteiger partial charge in [-0.25, -0.2) is 0 Å². The maximum atomic E-state index is 12.8. The van der Waals surface area contributed by atoms with Crippen molar-refractivity contribution in [3.8, 4) is 11.5 Å². The Morgan fingerprint density at radius 1 is 0.952 bits per heavy atom. The van der Waals surface area contributed by atoms with Crippen LogP contribution in [0.15, 0.2) is 54.6 Å². The lowest BCUT2D eigenvalue weighted by Crippen LogP contribution is -2.21. The smallest absolute Gasteiger partial charge is 0.132 e. The molecule has 0 unspecified atom stereocenters. The van der Waals surface area contributed by atoms with Crippen LogP contribution in [0.2, 0.25) is 0 Å². The van der Waals surface area contributed by atoms with Crippen molar-refractivity contribution in [3.05, 3.63) is 60.2 Å². The van der Waals surface area contributed by atoms with E-state index >= 15 is 0 Å². The van der Waals surface area contributed by atoms with Gasteiger partial charge in [0.1, 0.15) is 11.5 Å². The monoisotopic (exact) mass is 288 g/mol. The largest absolute Gasteiger partial charge is 0.457 e. The van der Waals surface area contributed by atoms with E-state index in [4.69, 9.17) is 9.47 Å². The van der Waals surface area contributed by atoms with Gasteiger partial charge in [0.15, 0.2) is 0 Å². The number of rotatable bonds is 7. The van der Waals surface area contributed by atoms with Gasteiger partial charge in [-0.3, -0.25) is 4.39 Å². The van der Waals surface area contributed by atoms with Crippen molar-refractivity contribution < 1.29 is 13.9 Å². The van der Waals surface area contributed by atoms with E-state index in [2.05, 4.69) is 0 Å². The number of alkyl halides is 1. The molecule has 0 saturated heterocycles. The van der Waals surface area contributed by atoms with E-state index in [0.717, 1.165) is 17.1 Å². The minimum absolute atomic E-state index is 0.378. The minimum atomic E-state index is -0.449. The molecular weight excluding hydrogens is 267 g/mol. The minimum Gasteiger partial charge on any atom is -0.457 e. The fraction of sp³-hybridized carbons (Fsp3) is 0.333. The molecule has 0 atom stereocenters. The van der Waals surface area contributed by atoms with Gasteiger partial charge in [0.2, 0.25) is 0 Å². The lowest BCUT2D eigenvalue weighted by molar-refractivity contribution is 0.0380. The molecule has 0 amide bonds. The Morgan fingerprint density at radius 2 is 1.62 bits per heavy atom. The summed E-state index contributed by atoms with van der Waals surface area (Å²) in [6.07, 6.45) is 0. The lowest BCUT2D eigenvalue weighted by atomic mass is 9.97. The number of para-hydroxylation sites is 2. The topological polar surface area (TPSA) is 18.5 Å². The van der Waals surface area contributed by atoms with Crippen molar-refractivity contribution in [2.75, 3.05) is 13.3 Å². The molecule has 0 aliphatic heterocycles. The first kappa shape index (κ1) is 15.5. The summed E-state index contributed by atoms with van der Waals surface area (Å²) in [6, 6.07) is 17.3. The highest BCUT2D eigenvalue weighted by Gasteiger charge is 2.18. The summed E-state index contributed by atoms with van der Waals surface area (Å²) in [5.41, 5.74) is 0.505. The highest BCUT2D eigenvalue weighted by atomic mass is 19.1. The molecule has 0 saturated carbocycles. The van der Waals surface area contributed by atoms with Gasteiger partial charge in [0.05, 0.1) is 19.9 Å². The van der Waals surface area contributed by atoms with Crippen LogP contribution in [0, 0.1) is 5.41 Å². The Balaban J connectivity index is 2.00. The first-order chi connectivity index (χ1) is 10.1. The highest BCUT2D eigenvalue weighted by Crippen LogP contribution is 2.26. The van der Waals surface area contributed by atoms with Crippen molar-refractivity contribution in [3.63, 3.8) is 0 Å². The summed E-state index contributed by atoms with van der Waals surface area (Å²) in [7, 11) is 0. The van der Waals surface area contributed by atoms with Crippen molar-refractivity contribution >= 4 is 0 Å². The number of benzene rings is 2. The van der Waals surface area contributed by atoms with Crippen LogP contribution in [0.1, 0.15) is 19.4 Å². The third-order valence-electron chi connectivity index (χ3n) is 3.06. The molecule has 0 radical (unpaired) electrons. The Labute approximate surface area is 125 Å². The van der Waals surface area contributed by atoms with E-state index in [9.17, 15) is 4.39 Å². The number of hydrogen-bond donors (Lipinski definition) is 0. The first-order valence-electron chi connectivity index (χ1n) is 7.05. The van der Waals surface area contributed by atoms with Crippen LogP contribution in [0.25, 0.3) is 0 Å². The summed E-state index contributed by atoms with van der Waals surface area (Å²) in [4.78, 5) is 0. The lowest BCUT2D eigenvalue weighted by Gasteiger charge is -2.20. The highest BCUT2D eigenvalue weighted by molar-refractivity contribution is 5.37. The van der Waals surface area contributed by atoms with Gasteiger partial charge in [-0.1, -0.05) is 50.2 Å². The Bertz CT molecular complexity index is 552. The van der Waals surface area contributed by atoms with E-state index < -0.39 is 12.1 Å². The van der Waals surface area contributed by atoms with Gasteiger partial charge in [-0.2, -0.15) is 0 Å². The standard InChI is InChI=1S/C18H21FO2/c1-18(2,13-19)14-20-12-15-8-6-7-11-17(15)21-16-9-4-3-5-10-16/h3-11H,12-14H2,1-2H3. The van der Waals surface area contributed by atoms with Gasteiger partial charge in [-0.15, -0.1) is 0 Å². The molecule has 0 spiro atoms. The van der Waals surface area contributed by atoms with Crippen LogP contribution in [0.5, 0.6) is 11.5 Å². The zero-order chi connectivity index (χ0) is 15.1. The van der Waals surface area contributed by atoms with Crippen molar-refractivity contribution in [1.82, 2.24) is 0 Å². The molecule has 0 aliphatic rings. The SMILES string of the molecule is CC(C)(CF)COCc1ccccc1Oc1ccccc1. The van der Waals surface area contributed by atoms with Gasteiger partial charge in [0, 0.05) is 11.0 Å². The van der Waals surface area contributed by atoms with E-state index in [0.29, 0.717) is 13.2 Å². The molecule has 2 aromatic rings. The van der Waals surface area contributed by atoms with E-state index in [1.54, 1.807) is 0 Å². The second-order valence-corrected chi connectivity index (χ2v) is 5.81. The number of ether oxygens (including phenoxy) is 2. The van der Waals surface area contributed by atoms with E-state index in [1.165, 1.54) is 0 Å². The molecule has 0 N–H and O–H groups in total. The summed E-state index contributed by atoms with van der Waals surface area (Å²) in [6.45, 7) is 4.09. The van der Waals surface area contributed by atoms with Crippen LogP contribution in [-0.4, -0.2) is 13.3 Å². The van der Waals surface area contributed by atoms with Gasteiger partial charge in [-0.05, 0) is 18.2 Å². The van der Waals surface area contributed by atoms with Crippen LogP contribution >= 0.6 is 0 Å². The van der Waals surface area contributed by atoms with E-state index in [1.807, 2.05) is 68.4 Å². The maximum Gasteiger partial charge on any atom is 0.132 e. The quantitative estimate of drug-likeness (QED) is 0.714. The normalized spacial score (nSPS) is 11.4. The van der Waals surface area contributed by atoms with Gasteiger partial charge < -0.3 is 9.47 Å². The molecule has 2 aromatic carbocycles. The molecule has 0 heterocycles. The molecular formula is C18H21FO2. The van der Waals surface area contributed by atoms with Crippen LogP contribution < -0.4 is 4.74 Å². The van der Waals surface area contributed by atoms with E-state index in [-0.39, 0.29) is 0 Å².